The van der Waals surface area contributed by atoms with E-state index < -0.39 is 17.9 Å². The van der Waals surface area contributed by atoms with Crippen LogP contribution in [0.5, 0.6) is 0 Å². The molecular formula is C11H13N3O4S. The zero-order valence-corrected chi connectivity index (χ0v) is 11.3. The number of ether oxygens (including phenoxy) is 2. The Bertz CT molecular complexity index is 521. The van der Waals surface area contributed by atoms with E-state index in [1.54, 1.807) is 19.9 Å². The summed E-state index contributed by atoms with van der Waals surface area (Å²) in [6.07, 6.45) is 0. The van der Waals surface area contributed by atoms with Gasteiger partial charge in [0, 0.05) is 0 Å². The fourth-order valence-electron chi connectivity index (χ4n) is 1.34. The second-order valence-corrected chi connectivity index (χ2v) is 4.33. The first kappa shape index (κ1) is 14.9. The van der Waals surface area contributed by atoms with Crippen molar-refractivity contribution in [2.45, 2.75) is 19.8 Å². The van der Waals surface area contributed by atoms with E-state index in [0.29, 0.717) is 0 Å². The summed E-state index contributed by atoms with van der Waals surface area (Å²) in [4.78, 5) is 27.3. The number of hydrogen-bond acceptors (Lipinski definition) is 8. The molecule has 0 aliphatic carbocycles. The molecule has 0 aromatic carbocycles. The summed E-state index contributed by atoms with van der Waals surface area (Å²) in [5.74, 6) is -2.70. The van der Waals surface area contributed by atoms with Crippen molar-refractivity contribution in [3.05, 3.63) is 10.6 Å². The normalized spacial score (nSPS) is 11.4. The molecule has 1 unspecified atom stereocenters. The summed E-state index contributed by atoms with van der Waals surface area (Å²) in [5, 5.41) is 9.13. The van der Waals surface area contributed by atoms with Crippen LogP contribution in [0.15, 0.2) is 0 Å². The number of aromatic nitrogens is 1. The number of nitrogens with two attached hydrogens (primary N) is 1. The lowest BCUT2D eigenvalue weighted by atomic mass is 10.1. The Labute approximate surface area is 113 Å². The molecule has 0 fully saturated rings. The monoisotopic (exact) mass is 283 g/mol. The average Bonchev–Trinajstić information content (AvgIpc) is 2.73. The summed E-state index contributed by atoms with van der Waals surface area (Å²) in [6, 6.07) is 1.76. The highest BCUT2D eigenvalue weighted by Crippen LogP contribution is 2.28. The molecule has 0 saturated heterocycles. The second kappa shape index (κ2) is 6.70. The Balaban J connectivity index is 3.14. The van der Waals surface area contributed by atoms with E-state index in [2.05, 4.69) is 4.98 Å². The van der Waals surface area contributed by atoms with Gasteiger partial charge in [0.15, 0.2) is 11.0 Å². The molecule has 1 rings (SSSR count). The van der Waals surface area contributed by atoms with E-state index in [1.165, 1.54) is 0 Å². The van der Waals surface area contributed by atoms with Crippen LogP contribution in [-0.2, 0) is 14.3 Å². The fraction of sp³-hybridized carbons (Fsp3) is 0.455. The van der Waals surface area contributed by atoms with Crippen molar-refractivity contribution in [3.63, 3.8) is 0 Å². The molecule has 1 aromatic rings. The Morgan fingerprint density at radius 2 is 2.05 bits per heavy atom. The Hall–Kier alpha value is -2.14. The average molecular weight is 283 g/mol. The van der Waals surface area contributed by atoms with Crippen LogP contribution in [0.3, 0.4) is 0 Å². The summed E-state index contributed by atoms with van der Waals surface area (Å²) < 4.78 is 9.59. The van der Waals surface area contributed by atoms with Gasteiger partial charge in [-0.1, -0.05) is 11.3 Å². The minimum absolute atomic E-state index is 0.0121. The van der Waals surface area contributed by atoms with E-state index in [-0.39, 0.29) is 28.9 Å². The van der Waals surface area contributed by atoms with Crippen LogP contribution in [0.4, 0.5) is 5.13 Å². The maximum Gasteiger partial charge on any atom is 0.350 e. The number of rotatable bonds is 5. The zero-order chi connectivity index (χ0) is 14.4. The first-order valence-corrected chi connectivity index (χ1v) is 6.36. The smallest absolute Gasteiger partial charge is 0.350 e. The minimum Gasteiger partial charge on any atom is -0.465 e. The fourth-order valence-corrected chi connectivity index (χ4v) is 2.10. The number of nitriles is 1. The van der Waals surface area contributed by atoms with Gasteiger partial charge in [0.2, 0.25) is 0 Å². The Kier molecular flexibility index (Phi) is 5.26. The maximum atomic E-state index is 11.7. The van der Waals surface area contributed by atoms with Crippen LogP contribution < -0.4 is 5.73 Å². The highest BCUT2D eigenvalue weighted by Gasteiger charge is 2.31. The lowest BCUT2D eigenvalue weighted by Gasteiger charge is -2.07. The van der Waals surface area contributed by atoms with Crippen LogP contribution in [0.1, 0.15) is 35.1 Å². The third kappa shape index (κ3) is 3.42. The molecule has 0 bridgehead atoms. The van der Waals surface area contributed by atoms with Gasteiger partial charge in [-0.25, -0.2) is 9.78 Å². The molecule has 0 amide bonds. The van der Waals surface area contributed by atoms with Crippen molar-refractivity contribution in [2.24, 2.45) is 0 Å². The van der Waals surface area contributed by atoms with Gasteiger partial charge < -0.3 is 15.2 Å². The highest BCUT2D eigenvalue weighted by molar-refractivity contribution is 7.17. The predicted molar refractivity (Wildman–Crippen MR) is 67.5 cm³/mol. The van der Waals surface area contributed by atoms with E-state index in [1.807, 2.05) is 0 Å². The molecule has 0 aliphatic rings. The summed E-state index contributed by atoms with van der Waals surface area (Å²) in [5.41, 5.74) is 5.51. The topological polar surface area (TPSA) is 115 Å². The number of carbonyl (C=O) groups excluding carboxylic acids is 2. The SMILES string of the molecule is CCOC(=O)c1sc(N)nc1C(C#N)C(=O)OCC. The third-order valence-electron chi connectivity index (χ3n) is 2.06. The number of thiazole rings is 1. The quantitative estimate of drug-likeness (QED) is 0.803. The van der Waals surface area contributed by atoms with Gasteiger partial charge in [-0.15, -0.1) is 0 Å². The van der Waals surface area contributed by atoms with Crippen molar-refractivity contribution < 1.29 is 19.1 Å². The first-order chi connectivity index (χ1) is 9.04. The molecule has 1 heterocycles. The van der Waals surface area contributed by atoms with E-state index in [0.717, 1.165) is 11.3 Å². The minimum atomic E-state index is -1.28. The largest absolute Gasteiger partial charge is 0.465 e. The Morgan fingerprint density at radius 1 is 1.42 bits per heavy atom. The van der Waals surface area contributed by atoms with E-state index >= 15 is 0 Å². The molecule has 7 nitrogen and oxygen atoms in total. The van der Waals surface area contributed by atoms with Gasteiger partial charge in [0.1, 0.15) is 4.88 Å². The van der Waals surface area contributed by atoms with Crippen LogP contribution in [0.2, 0.25) is 0 Å². The van der Waals surface area contributed by atoms with Gasteiger partial charge >= 0.3 is 11.9 Å². The lowest BCUT2D eigenvalue weighted by molar-refractivity contribution is -0.143. The van der Waals surface area contributed by atoms with Crippen molar-refractivity contribution >= 4 is 28.4 Å². The molecular weight excluding hydrogens is 270 g/mol. The molecule has 0 aliphatic heterocycles. The van der Waals surface area contributed by atoms with E-state index in [9.17, 15) is 9.59 Å². The molecule has 0 radical (unpaired) electrons. The number of esters is 2. The number of hydrogen-bond donors (Lipinski definition) is 1. The molecule has 0 spiro atoms. The van der Waals surface area contributed by atoms with Gasteiger partial charge in [0.25, 0.3) is 0 Å². The van der Waals surface area contributed by atoms with Crippen molar-refractivity contribution in [2.75, 3.05) is 18.9 Å². The number of nitrogens with zero attached hydrogens (tertiary/aromatic N) is 2. The van der Waals surface area contributed by atoms with Gasteiger partial charge in [-0.3, -0.25) is 4.79 Å². The van der Waals surface area contributed by atoms with Crippen molar-refractivity contribution in [3.8, 4) is 6.07 Å². The molecule has 102 valence electrons. The van der Waals surface area contributed by atoms with Crippen LogP contribution in [0.25, 0.3) is 0 Å². The maximum absolute atomic E-state index is 11.7. The summed E-state index contributed by atoms with van der Waals surface area (Å²) in [7, 11) is 0. The predicted octanol–water partition coefficient (Wildman–Crippen LogP) is 1.07. The molecule has 8 heteroatoms. The molecule has 2 N–H and O–H groups in total. The first-order valence-electron chi connectivity index (χ1n) is 5.54. The summed E-state index contributed by atoms with van der Waals surface area (Å²) >= 11 is 0.875. The standard InChI is InChI=1S/C11H13N3O4S/c1-3-17-9(15)6(5-12)7-8(10(16)18-4-2)19-11(13)14-7/h6H,3-4H2,1-2H3,(H2,13,14). The summed E-state index contributed by atoms with van der Waals surface area (Å²) in [6.45, 7) is 3.57. The van der Waals surface area contributed by atoms with Gasteiger partial charge in [0.05, 0.1) is 25.0 Å². The van der Waals surface area contributed by atoms with Crippen LogP contribution >= 0.6 is 11.3 Å². The molecule has 1 atom stereocenters. The number of nitrogen functional groups attached to an aromatic ring is 1. The van der Waals surface area contributed by atoms with Gasteiger partial charge in [-0.05, 0) is 13.8 Å². The van der Waals surface area contributed by atoms with E-state index in [4.69, 9.17) is 20.5 Å². The van der Waals surface area contributed by atoms with Crippen molar-refractivity contribution in [1.82, 2.24) is 4.98 Å². The molecule has 19 heavy (non-hydrogen) atoms. The lowest BCUT2D eigenvalue weighted by Crippen LogP contribution is -2.18. The zero-order valence-electron chi connectivity index (χ0n) is 10.5. The third-order valence-corrected chi connectivity index (χ3v) is 2.94. The van der Waals surface area contributed by atoms with Crippen LogP contribution in [0, 0.1) is 11.3 Å². The second-order valence-electron chi connectivity index (χ2n) is 3.30. The van der Waals surface area contributed by atoms with Crippen molar-refractivity contribution in [1.29, 1.82) is 5.26 Å². The molecule has 1 aromatic heterocycles. The van der Waals surface area contributed by atoms with Gasteiger partial charge in [-0.2, -0.15) is 5.26 Å². The number of carbonyl (C=O) groups is 2. The number of anilines is 1. The molecule has 0 saturated carbocycles. The highest BCUT2D eigenvalue weighted by atomic mass is 32.1. The van der Waals surface area contributed by atoms with Crippen LogP contribution in [-0.4, -0.2) is 30.1 Å². The Morgan fingerprint density at radius 3 is 2.58 bits per heavy atom.